The second-order valence-electron chi connectivity index (χ2n) is 7.85. The first-order valence-corrected chi connectivity index (χ1v) is 13.1. The minimum absolute atomic E-state index is 0.152. The van der Waals surface area contributed by atoms with E-state index >= 15 is 0 Å². The first kappa shape index (κ1) is 22.7. The van der Waals surface area contributed by atoms with Crippen LogP contribution in [0.1, 0.15) is 28.8 Å². The summed E-state index contributed by atoms with van der Waals surface area (Å²) in [6, 6.07) is 19.5. The number of nitrogens with one attached hydrogen (secondary N) is 1. The Hall–Kier alpha value is -3.12. The summed E-state index contributed by atoms with van der Waals surface area (Å²) in [5.74, 6) is 0.651. The summed E-state index contributed by atoms with van der Waals surface area (Å²) in [6.45, 7) is 0. The molecule has 0 spiro atoms. The number of aromatic nitrogens is 3. The molecule has 9 heteroatoms. The number of thiophene rings is 1. The Morgan fingerprint density at radius 3 is 2.65 bits per heavy atom. The third-order valence-electron chi connectivity index (χ3n) is 5.62. The number of aryl methyl sites for hydroxylation is 1. The fraction of sp³-hybridized carbons (Fsp3) is 0.200. The molecule has 1 aliphatic rings. The number of hydrogen-bond acceptors (Lipinski definition) is 6. The maximum Gasteiger partial charge on any atom is 0.235 e. The van der Waals surface area contributed by atoms with Gasteiger partial charge in [-0.3, -0.25) is 9.36 Å². The topological polar surface area (TPSA) is 83.6 Å². The van der Waals surface area contributed by atoms with Crippen molar-refractivity contribution in [2.75, 3.05) is 11.1 Å². The van der Waals surface area contributed by atoms with Crippen LogP contribution in [0.25, 0.3) is 17.1 Å². The van der Waals surface area contributed by atoms with Gasteiger partial charge in [-0.05, 0) is 67.6 Å². The Morgan fingerprint density at radius 1 is 1.12 bits per heavy atom. The number of halogens is 1. The fourth-order valence-corrected chi connectivity index (χ4v) is 6.16. The third kappa shape index (κ3) is 4.60. The lowest BCUT2D eigenvalue weighted by Crippen LogP contribution is -2.14. The number of amides is 1. The van der Waals surface area contributed by atoms with E-state index in [1.807, 2.05) is 59.2 Å². The smallest absolute Gasteiger partial charge is 0.235 e. The predicted molar refractivity (Wildman–Crippen MR) is 137 cm³/mol. The number of nitrogens with zero attached hydrogens (tertiary/aromatic N) is 4. The summed E-state index contributed by atoms with van der Waals surface area (Å²) >= 11 is 8.90. The van der Waals surface area contributed by atoms with Gasteiger partial charge in [0.2, 0.25) is 5.91 Å². The van der Waals surface area contributed by atoms with E-state index in [-0.39, 0.29) is 11.7 Å². The van der Waals surface area contributed by atoms with Crippen LogP contribution in [0.15, 0.2) is 59.8 Å². The molecule has 6 nitrogen and oxygen atoms in total. The first-order valence-electron chi connectivity index (χ1n) is 10.9. The molecule has 0 saturated carbocycles. The second kappa shape index (κ2) is 10.0. The van der Waals surface area contributed by atoms with Crippen molar-refractivity contribution in [3.05, 3.63) is 75.6 Å². The van der Waals surface area contributed by atoms with Crippen LogP contribution in [0, 0.1) is 11.3 Å². The van der Waals surface area contributed by atoms with Crippen molar-refractivity contribution >= 4 is 45.6 Å². The zero-order valence-corrected chi connectivity index (χ0v) is 20.5. The lowest BCUT2D eigenvalue weighted by molar-refractivity contribution is -0.113. The predicted octanol–water partition coefficient (Wildman–Crippen LogP) is 6.13. The molecule has 170 valence electrons. The molecule has 2 heterocycles. The van der Waals surface area contributed by atoms with Crippen LogP contribution >= 0.6 is 34.7 Å². The van der Waals surface area contributed by atoms with Gasteiger partial charge in [0.25, 0.3) is 0 Å². The molecule has 1 amide bonds. The molecule has 0 fully saturated rings. The quantitative estimate of drug-likeness (QED) is 0.319. The molecule has 1 N–H and O–H groups in total. The third-order valence-corrected chi connectivity index (χ3v) is 8.01. The molecule has 0 saturated heterocycles. The maximum atomic E-state index is 12.8. The van der Waals surface area contributed by atoms with E-state index in [1.54, 1.807) is 0 Å². The number of nitriles is 1. The van der Waals surface area contributed by atoms with Gasteiger partial charge in [0.15, 0.2) is 11.0 Å². The van der Waals surface area contributed by atoms with Crippen LogP contribution < -0.4 is 5.32 Å². The zero-order chi connectivity index (χ0) is 23.5. The Bertz CT molecular complexity index is 1370. The van der Waals surface area contributed by atoms with Crippen LogP contribution in [0.3, 0.4) is 0 Å². The van der Waals surface area contributed by atoms with Gasteiger partial charge < -0.3 is 5.32 Å². The Balaban J connectivity index is 1.38. The summed E-state index contributed by atoms with van der Waals surface area (Å²) in [5, 5.41) is 23.3. The average molecular weight is 506 g/mol. The van der Waals surface area contributed by atoms with E-state index in [2.05, 4.69) is 21.6 Å². The number of fused-ring (bicyclic) bond motifs is 1. The summed E-state index contributed by atoms with van der Waals surface area (Å²) in [7, 11) is 0. The molecule has 4 aromatic rings. The molecular formula is C25H20ClN5OS2. The zero-order valence-electron chi connectivity index (χ0n) is 18.1. The van der Waals surface area contributed by atoms with Crippen LogP contribution in [-0.2, 0) is 17.6 Å². The fourth-order valence-electron chi connectivity index (χ4n) is 4.02. The molecular weight excluding hydrogens is 486 g/mol. The van der Waals surface area contributed by atoms with Gasteiger partial charge >= 0.3 is 0 Å². The van der Waals surface area contributed by atoms with E-state index < -0.39 is 0 Å². The van der Waals surface area contributed by atoms with E-state index in [0.717, 1.165) is 42.5 Å². The minimum Gasteiger partial charge on any atom is -0.316 e. The van der Waals surface area contributed by atoms with Crippen LogP contribution in [0.2, 0.25) is 5.02 Å². The molecule has 34 heavy (non-hydrogen) atoms. The van der Waals surface area contributed by atoms with Gasteiger partial charge in [-0.15, -0.1) is 21.5 Å². The van der Waals surface area contributed by atoms with Crippen LogP contribution in [0.5, 0.6) is 0 Å². The molecule has 0 aliphatic heterocycles. The lowest BCUT2D eigenvalue weighted by atomic mass is 9.96. The number of benzene rings is 2. The molecule has 2 aromatic heterocycles. The molecule has 0 unspecified atom stereocenters. The van der Waals surface area contributed by atoms with Crippen molar-refractivity contribution in [1.29, 1.82) is 5.26 Å². The molecule has 0 atom stereocenters. The highest BCUT2D eigenvalue weighted by molar-refractivity contribution is 7.99. The lowest BCUT2D eigenvalue weighted by Gasteiger charge is -2.10. The van der Waals surface area contributed by atoms with Gasteiger partial charge in [0, 0.05) is 21.2 Å². The highest BCUT2D eigenvalue weighted by Gasteiger charge is 2.22. The number of rotatable bonds is 6. The Labute approximate surface area is 210 Å². The van der Waals surface area contributed by atoms with E-state index in [0.29, 0.717) is 26.6 Å². The van der Waals surface area contributed by atoms with Gasteiger partial charge in [-0.25, -0.2) is 0 Å². The SMILES string of the molecule is N#Cc1c(NC(=O)CSc2nnc(-c3ccc(Cl)cc3)n2-c2ccccc2)sc2c1CCCC2. The van der Waals surface area contributed by atoms with Crippen LogP contribution in [0.4, 0.5) is 5.00 Å². The average Bonchev–Trinajstić information content (AvgIpc) is 3.44. The first-order chi connectivity index (χ1) is 16.6. The van der Waals surface area contributed by atoms with Gasteiger partial charge in [-0.1, -0.05) is 41.6 Å². The number of carbonyl (C=O) groups is 1. The van der Waals surface area contributed by atoms with Gasteiger partial charge in [0.05, 0.1) is 11.3 Å². The molecule has 2 aromatic carbocycles. The van der Waals surface area contributed by atoms with Crippen molar-refractivity contribution in [3.63, 3.8) is 0 Å². The number of thioether (sulfide) groups is 1. The summed E-state index contributed by atoms with van der Waals surface area (Å²) in [5.41, 5.74) is 3.51. The molecule has 0 bridgehead atoms. The normalized spacial score (nSPS) is 12.7. The van der Waals surface area contributed by atoms with E-state index in [9.17, 15) is 10.1 Å². The summed E-state index contributed by atoms with van der Waals surface area (Å²) in [4.78, 5) is 14.0. The largest absolute Gasteiger partial charge is 0.316 e. The number of anilines is 1. The Kier molecular flexibility index (Phi) is 6.68. The van der Waals surface area contributed by atoms with Crippen molar-refractivity contribution in [1.82, 2.24) is 14.8 Å². The second-order valence-corrected chi connectivity index (χ2v) is 10.3. The van der Waals surface area contributed by atoms with Crippen LogP contribution in [-0.4, -0.2) is 26.4 Å². The number of hydrogen-bond donors (Lipinski definition) is 1. The highest BCUT2D eigenvalue weighted by Crippen LogP contribution is 2.38. The highest BCUT2D eigenvalue weighted by atomic mass is 35.5. The van der Waals surface area contributed by atoms with Crippen molar-refractivity contribution < 1.29 is 4.79 Å². The van der Waals surface area contributed by atoms with Gasteiger partial charge in [0.1, 0.15) is 11.1 Å². The van der Waals surface area contributed by atoms with Crippen molar-refractivity contribution in [2.45, 2.75) is 30.8 Å². The monoisotopic (exact) mass is 505 g/mol. The standard InChI is InChI=1S/C25H20ClN5OS2/c26-17-12-10-16(11-13-17)23-29-30-25(31(23)18-6-2-1-3-7-18)33-15-22(32)28-24-20(14-27)19-8-4-5-9-21(19)34-24/h1-3,6-7,10-13H,4-5,8-9,15H2,(H,28,32). The minimum atomic E-state index is -0.171. The van der Waals surface area contributed by atoms with E-state index in [1.165, 1.54) is 28.0 Å². The molecule has 1 aliphatic carbocycles. The Morgan fingerprint density at radius 2 is 1.88 bits per heavy atom. The molecule has 0 radical (unpaired) electrons. The number of carbonyl (C=O) groups excluding carboxylic acids is 1. The number of para-hydroxylation sites is 1. The van der Waals surface area contributed by atoms with Crippen molar-refractivity contribution in [2.24, 2.45) is 0 Å². The maximum absolute atomic E-state index is 12.8. The van der Waals surface area contributed by atoms with E-state index in [4.69, 9.17) is 11.6 Å². The van der Waals surface area contributed by atoms with Gasteiger partial charge in [-0.2, -0.15) is 5.26 Å². The summed E-state index contributed by atoms with van der Waals surface area (Å²) < 4.78 is 1.94. The summed E-state index contributed by atoms with van der Waals surface area (Å²) in [6.07, 6.45) is 4.11. The molecule has 5 rings (SSSR count). The van der Waals surface area contributed by atoms with Crippen molar-refractivity contribution in [3.8, 4) is 23.1 Å².